The van der Waals surface area contributed by atoms with E-state index in [9.17, 15) is 9.90 Å². The Balaban J connectivity index is 3.05. The number of aliphatic hydroxyl groups is 1. The number of benzene rings is 1. The minimum atomic E-state index is -0.878. The standard InChI is InChI=1S/C15H21ClO3/c1-5-19-15(18)13(9(2)3)14(17)12-7-6-11(16)8-10(12)4/h6-9,13-14,17H,5H2,1-4H3. The molecule has 0 fully saturated rings. The SMILES string of the molecule is CCOC(=O)C(C(C)C)C(O)c1ccc(Cl)cc1C. The van der Waals surface area contributed by atoms with Gasteiger partial charge in [-0.1, -0.05) is 31.5 Å². The summed E-state index contributed by atoms with van der Waals surface area (Å²) in [6.07, 6.45) is -0.878. The molecule has 106 valence electrons. The summed E-state index contributed by atoms with van der Waals surface area (Å²) >= 11 is 5.90. The van der Waals surface area contributed by atoms with Crippen molar-refractivity contribution in [1.29, 1.82) is 0 Å². The van der Waals surface area contributed by atoms with Crippen LogP contribution < -0.4 is 0 Å². The van der Waals surface area contributed by atoms with Crippen LogP contribution in [0, 0.1) is 18.8 Å². The van der Waals surface area contributed by atoms with Crippen LogP contribution in [-0.4, -0.2) is 17.7 Å². The maximum atomic E-state index is 12.0. The number of hydrogen-bond donors (Lipinski definition) is 1. The van der Waals surface area contributed by atoms with Gasteiger partial charge in [-0.05, 0) is 43.0 Å². The van der Waals surface area contributed by atoms with E-state index in [1.807, 2.05) is 20.8 Å². The van der Waals surface area contributed by atoms with Gasteiger partial charge in [-0.15, -0.1) is 0 Å². The first-order valence-electron chi connectivity index (χ1n) is 6.49. The van der Waals surface area contributed by atoms with Gasteiger partial charge >= 0.3 is 5.97 Å². The van der Waals surface area contributed by atoms with Crippen molar-refractivity contribution >= 4 is 17.6 Å². The van der Waals surface area contributed by atoms with Gasteiger partial charge in [0.05, 0.1) is 18.6 Å². The molecule has 0 aromatic heterocycles. The van der Waals surface area contributed by atoms with Gasteiger partial charge in [-0.2, -0.15) is 0 Å². The molecular formula is C15H21ClO3. The van der Waals surface area contributed by atoms with Crippen LogP contribution in [0.4, 0.5) is 0 Å². The Kier molecular flexibility index (Phi) is 5.83. The fourth-order valence-corrected chi connectivity index (χ4v) is 2.40. The van der Waals surface area contributed by atoms with Crippen LogP contribution in [0.3, 0.4) is 0 Å². The Morgan fingerprint density at radius 3 is 2.53 bits per heavy atom. The van der Waals surface area contributed by atoms with E-state index < -0.39 is 12.0 Å². The molecule has 0 saturated heterocycles. The zero-order valence-electron chi connectivity index (χ0n) is 11.8. The Bertz CT molecular complexity index is 443. The minimum Gasteiger partial charge on any atom is -0.466 e. The smallest absolute Gasteiger partial charge is 0.312 e. The summed E-state index contributed by atoms with van der Waals surface area (Å²) < 4.78 is 5.05. The predicted octanol–water partition coefficient (Wildman–Crippen LogP) is 3.52. The lowest BCUT2D eigenvalue weighted by Gasteiger charge is -2.25. The van der Waals surface area contributed by atoms with Gasteiger partial charge in [-0.25, -0.2) is 0 Å². The first kappa shape index (κ1) is 16.0. The molecule has 19 heavy (non-hydrogen) atoms. The Labute approximate surface area is 119 Å². The fourth-order valence-electron chi connectivity index (χ4n) is 2.17. The molecule has 0 aliphatic rings. The van der Waals surface area contributed by atoms with Crippen molar-refractivity contribution in [2.24, 2.45) is 11.8 Å². The van der Waals surface area contributed by atoms with Gasteiger partial charge in [-0.3, -0.25) is 4.79 Å². The number of ether oxygens (including phenoxy) is 1. The van der Waals surface area contributed by atoms with Crippen molar-refractivity contribution < 1.29 is 14.6 Å². The number of rotatable bonds is 5. The normalized spacial score (nSPS) is 14.3. The van der Waals surface area contributed by atoms with E-state index in [1.165, 1.54) is 0 Å². The zero-order valence-corrected chi connectivity index (χ0v) is 12.6. The van der Waals surface area contributed by atoms with Crippen molar-refractivity contribution in [2.75, 3.05) is 6.61 Å². The number of halogens is 1. The lowest BCUT2D eigenvalue weighted by atomic mass is 9.85. The van der Waals surface area contributed by atoms with Crippen LogP contribution in [0.2, 0.25) is 5.02 Å². The molecule has 1 aromatic rings. The summed E-state index contributed by atoms with van der Waals surface area (Å²) in [4.78, 5) is 12.0. The van der Waals surface area contributed by atoms with Crippen LogP contribution >= 0.6 is 11.6 Å². The highest BCUT2D eigenvalue weighted by atomic mass is 35.5. The summed E-state index contributed by atoms with van der Waals surface area (Å²) in [6.45, 7) is 7.74. The van der Waals surface area contributed by atoms with Gasteiger partial charge < -0.3 is 9.84 Å². The summed E-state index contributed by atoms with van der Waals surface area (Å²) in [5.41, 5.74) is 1.59. The molecular weight excluding hydrogens is 264 g/mol. The van der Waals surface area contributed by atoms with E-state index in [2.05, 4.69) is 0 Å². The van der Waals surface area contributed by atoms with E-state index in [0.717, 1.165) is 11.1 Å². The Morgan fingerprint density at radius 2 is 2.05 bits per heavy atom. The topological polar surface area (TPSA) is 46.5 Å². The number of aryl methyl sites for hydroxylation is 1. The first-order valence-corrected chi connectivity index (χ1v) is 6.87. The molecule has 3 nitrogen and oxygen atoms in total. The van der Waals surface area contributed by atoms with Crippen LogP contribution in [0.5, 0.6) is 0 Å². The molecule has 1 N–H and O–H groups in total. The van der Waals surface area contributed by atoms with Gasteiger partial charge in [0, 0.05) is 5.02 Å². The van der Waals surface area contributed by atoms with Crippen molar-refractivity contribution in [1.82, 2.24) is 0 Å². The molecule has 0 saturated carbocycles. The highest BCUT2D eigenvalue weighted by molar-refractivity contribution is 6.30. The average Bonchev–Trinajstić information content (AvgIpc) is 2.28. The average molecular weight is 285 g/mol. The van der Waals surface area contributed by atoms with Crippen molar-refractivity contribution in [3.05, 3.63) is 34.3 Å². The number of esters is 1. The molecule has 0 spiro atoms. The molecule has 0 heterocycles. The monoisotopic (exact) mass is 284 g/mol. The lowest BCUT2D eigenvalue weighted by molar-refractivity contribution is -0.154. The van der Waals surface area contributed by atoms with E-state index in [4.69, 9.17) is 16.3 Å². The predicted molar refractivity (Wildman–Crippen MR) is 76.1 cm³/mol. The molecule has 1 aromatic carbocycles. The quantitative estimate of drug-likeness (QED) is 0.842. The number of aliphatic hydroxyl groups excluding tert-OH is 1. The zero-order chi connectivity index (χ0) is 14.6. The molecule has 1 rings (SSSR count). The second-order valence-corrected chi connectivity index (χ2v) is 5.40. The molecule has 2 unspecified atom stereocenters. The van der Waals surface area contributed by atoms with Crippen molar-refractivity contribution in [3.63, 3.8) is 0 Å². The van der Waals surface area contributed by atoms with Crippen LogP contribution in [0.15, 0.2) is 18.2 Å². The molecule has 0 amide bonds. The number of carbonyl (C=O) groups excluding carboxylic acids is 1. The second-order valence-electron chi connectivity index (χ2n) is 4.97. The van der Waals surface area contributed by atoms with Gasteiger partial charge in [0.2, 0.25) is 0 Å². The fraction of sp³-hybridized carbons (Fsp3) is 0.533. The molecule has 4 heteroatoms. The summed E-state index contributed by atoms with van der Waals surface area (Å²) in [5, 5.41) is 11.1. The highest BCUT2D eigenvalue weighted by Crippen LogP contribution is 2.32. The maximum absolute atomic E-state index is 12.0. The van der Waals surface area contributed by atoms with Crippen LogP contribution in [-0.2, 0) is 9.53 Å². The van der Waals surface area contributed by atoms with Crippen molar-refractivity contribution in [3.8, 4) is 0 Å². The van der Waals surface area contributed by atoms with Crippen LogP contribution in [0.1, 0.15) is 38.0 Å². The summed E-state index contributed by atoms with van der Waals surface area (Å²) in [5.74, 6) is -0.941. The lowest BCUT2D eigenvalue weighted by Crippen LogP contribution is -2.29. The van der Waals surface area contributed by atoms with Crippen molar-refractivity contribution in [2.45, 2.75) is 33.8 Å². The van der Waals surface area contributed by atoms with Gasteiger partial charge in [0.1, 0.15) is 0 Å². The minimum absolute atomic E-state index is 0.0101. The van der Waals surface area contributed by atoms with Gasteiger partial charge in [0.15, 0.2) is 0 Å². The third kappa shape index (κ3) is 3.95. The molecule has 2 atom stereocenters. The summed E-state index contributed by atoms with van der Waals surface area (Å²) in [6, 6.07) is 5.26. The molecule has 0 radical (unpaired) electrons. The third-order valence-corrected chi connectivity index (χ3v) is 3.40. The first-order chi connectivity index (χ1) is 8.88. The van der Waals surface area contributed by atoms with Gasteiger partial charge in [0.25, 0.3) is 0 Å². The largest absolute Gasteiger partial charge is 0.466 e. The van der Waals surface area contributed by atoms with Crippen LogP contribution in [0.25, 0.3) is 0 Å². The van der Waals surface area contributed by atoms with E-state index in [-0.39, 0.29) is 11.9 Å². The van der Waals surface area contributed by atoms with E-state index in [1.54, 1.807) is 25.1 Å². The van der Waals surface area contributed by atoms with E-state index >= 15 is 0 Å². The van der Waals surface area contributed by atoms with E-state index in [0.29, 0.717) is 11.6 Å². The number of hydrogen-bond acceptors (Lipinski definition) is 3. The number of carbonyl (C=O) groups is 1. The Hall–Kier alpha value is -1.06. The summed E-state index contributed by atoms with van der Waals surface area (Å²) in [7, 11) is 0. The second kappa shape index (κ2) is 6.92. The molecule has 0 aliphatic carbocycles. The Morgan fingerprint density at radius 1 is 1.42 bits per heavy atom. The molecule has 0 bridgehead atoms. The molecule has 0 aliphatic heterocycles. The highest BCUT2D eigenvalue weighted by Gasteiger charge is 2.32. The maximum Gasteiger partial charge on any atom is 0.312 e. The third-order valence-electron chi connectivity index (χ3n) is 3.17.